The van der Waals surface area contributed by atoms with Gasteiger partial charge in [-0.1, -0.05) is 24.3 Å². The zero-order chi connectivity index (χ0) is 16.6. The van der Waals surface area contributed by atoms with Crippen LogP contribution in [0, 0.1) is 0 Å². The van der Waals surface area contributed by atoms with Crippen LogP contribution >= 0.6 is 0 Å². The highest BCUT2D eigenvalue weighted by molar-refractivity contribution is 7.90. The van der Waals surface area contributed by atoms with Crippen molar-refractivity contribution in [1.82, 2.24) is 4.57 Å². The molecule has 5 heteroatoms. The van der Waals surface area contributed by atoms with E-state index in [-0.39, 0.29) is 6.04 Å². The van der Waals surface area contributed by atoms with Crippen molar-refractivity contribution in [3.05, 3.63) is 60.3 Å². The molecule has 3 aromatic rings. The van der Waals surface area contributed by atoms with Gasteiger partial charge in [0.15, 0.2) is 9.84 Å². The monoisotopic (exact) mass is 328 g/mol. The molecule has 1 heterocycles. The Balaban J connectivity index is 1.89. The maximum absolute atomic E-state index is 11.5. The van der Waals surface area contributed by atoms with Crippen molar-refractivity contribution in [3.8, 4) is 0 Å². The van der Waals surface area contributed by atoms with Gasteiger partial charge in [-0.25, -0.2) is 8.42 Å². The zero-order valence-electron chi connectivity index (χ0n) is 13.4. The highest BCUT2D eigenvalue weighted by Gasteiger charge is 2.11. The lowest BCUT2D eigenvalue weighted by atomic mass is 10.1. The third-order valence-corrected chi connectivity index (χ3v) is 5.21. The SMILES string of the molecule is CC(Nc1cccc2ccn(C)c12)c1ccc(S(C)(=O)=O)cc1. The molecule has 0 amide bonds. The molecule has 0 radical (unpaired) electrons. The fourth-order valence-corrected chi connectivity index (χ4v) is 3.42. The van der Waals surface area contributed by atoms with Crippen molar-refractivity contribution in [3.63, 3.8) is 0 Å². The van der Waals surface area contributed by atoms with E-state index in [4.69, 9.17) is 0 Å². The lowest BCUT2D eigenvalue weighted by Gasteiger charge is -2.17. The number of aromatic nitrogens is 1. The molecular weight excluding hydrogens is 308 g/mol. The molecule has 1 unspecified atom stereocenters. The van der Waals surface area contributed by atoms with E-state index in [2.05, 4.69) is 35.0 Å². The first kappa shape index (κ1) is 15.6. The summed E-state index contributed by atoms with van der Waals surface area (Å²) in [6, 6.07) is 15.4. The Hall–Kier alpha value is -2.27. The molecule has 0 fully saturated rings. The average molecular weight is 328 g/mol. The van der Waals surface area contributed by atoms with Crippen LogP contribution < -0.4 is 5.32 Å². The summed E-state index contributed by atoms with van der Waals surface area (Å²) >= 11 is 0. The van der Waals surface area contributed by atoms with Gasteiger partial charge in [-0.05, 0) is 36.8 Å². The van der Waals surface area contributed by atoms with E-state index in [1.165, 1.54) is 11.6 Å². The second-order valence-corrected chi connectivity index (χ2v) is 7.89. The second-order valence-electron chi connectivity index (χ2n) is 5.88. The summed E-state index contributed by atoms with van der Waals surface area (Å²) < 4.78 is 25.2. The minimum atomic E-state index is -3.15. The Morgan fingerprint density at radius 1 is 1.04 bits per heavy atom. The summed E-state index contributed by atoms with van der Waals surface area (Å²) in [5.74, 6) is 0. The molecular formula is C18H20N2O2S. The van der Waals surface area contributed by atoms with Crippen LogP contribution in [0.15, 0.2) is 59.6 Å². The Labute approximate surface area is 136 Å². The lowest BCUT2D eigenvalue weighted by molar-refractivity contribution is 0.602. The van der Waals surface area contributed by atoms with Crippen molar-refractivity contribution in [2.24, 2.45) is 7.05 Å². The summed E-state index contributed by atoms with van der Waals surface area (Å²) in [5, 5.41) is 4.71. The predicted molar refractivity (Wildman–Crippen MR) is 94.5 cm³/mol. The maximum Gasteiger partial charge on any atom is 0.175 e. The number of fused-ring (bicyclic) bond motifs is 1. The van der Waals surface area contributed by atoms with Crippen LogP contribution in [0.1, 0.15) is 18.5 Å². The molecule has 0 aliphatic rings. The summed E-state index contributed by atoms with van der Waals surface area (Å²) in [5.41, 5.74) is 3.27. The topological polar surface area (TPSA) is 51.1 Å². The van der Waals surface area contributed by atoms with Gasteiger partial charge in [0.05, 0.1) is 16.1 Å². The Kier molecular flexibility index (Phi) is 3.90. The van der Waals surface area contributed by atoms with Crippen molar-refractivity contribution >= 4 is 26.4 Å². The van der Waals surface area contributed by atoms with Crippen molar-refractivity contribution in [2.45, 2.75) is 17.9 Å². The van der Waals surface area contributed by atoms with E-state index in [0.717, 1.165) is 16.8 Å². The number of para-hydroxylation sites is 1. The number of benzene rings is 2. The number of sulfone groups is 1. The van der Waals surface area contributed by atoms with Crippen LogP contribution in [0.3, 0.4) is 0 Å². The fourth-order valence-electron chi connectivity index (χ4n) is 2.79. The highest BCUT2D eigenvalue weighted by atomic mass is 32.2. The number of hydrogen-bond donors (Lipinski definition) is 1. The minimum absolute atomic E-state index is 0.0733. The van der Waals surface area contributed by atoms with E-state index in [9.17, 15) is 8.42 Å². The fraction of sp³-hybridized carbons (Fsp3) is 0.222. The van der Waals surface area contributed by atoms with Gasteiger partial charge < -0.3 is 9.88 Å². The Morgan fingerprint density at radius 2 is 1.74 bits per heavy atom. The van der Waals surface area contributed by atoms with Crippen molar-refractivity contribution in [2.75, 3.05) is 11.6 Å². The van der Waals surface area contributed by atoms with Gasteiger partial charge in [-0.15, -0.1) is 0 Å². The largest absolute Gasteiger partial charge is 0.377 e. The molecule has 1 atom stereocenters. The molecule has 3 rings (SSSR count). The van der Waals surface area contributed by atoms with Crippen molar-refractivity contribution < 1.29 is 8.42 Å². The molecule has 4 nitrogen and oxygen atoms in total. The van der Waals surface area contributed by atoms with Crippen LogP contribution in [0.4, 0.5) is 5.69 Å². The van der Waals surface area contributed by atoms with E-state index in [1.807, 2.05) is 31.4 Å². The molecule has 0 bridgehead atoms. The maximum atomic E-state index is 11.5. The molecule has 23 heavy (non-hydrogen) atoms. The number of aryl methyl sites for hydroxylation is 1. The normalized spacial score (nSPS) is 13.2. The van der Waals surface area contributed by atoms with Gasteiger partial charge in [-0.2, -0.15) is 0 Å². The summed E-state index contributed by atoms with van der Waals surface area (Å²) in [7, 11) is -1.13. The quantitative estimate of drug-likeness (QED) is 0.793. The van der Waals surface area contributed by atoms with Gasteiger partial charge in [0.2, 0.25) is 0 Å². The van der Waals surface area contributed by atoms with Crippen molar-refractivity contribution in [1.29, 1.82) is 0 Å². The molecule has 0 aliphatic carbocycles. The summed E-state index contributed by atoms with van der Waals surface area (Å²) in [6.07, 6.45) is 3.27. The molecule has 120 valence electrons. The minimum Gasteiger partial charge on any atom is -0.377 e. The first-order chi connectivity index (χ1) is 10.9. The first-order valence-electron chi connectivity index (χ1n) is 7.47. The molecule has 0 saturated carbocycles. The first-order valence-corrected chi connectivity index (χ1v) is 9.36. The smallest absolute Gasteiger partial charge is 0.175 e. The van der Waals surface area contributed by atoms with Gasteiger partial charge in [0, 0.05) is 30.9 Å². The van der Waals surface area contributed by atoms with E-state index < -0.39 is 9.84 Å². The Morgan fingerprint density at radius 3 is 2.39 bits per heavy atom. The molecule has 0 aliphatic heterocycles. The van der Waals surface area contributed by atoms with Crippen LogP contribution in [-0.2, 0) is 16.9 Å². The highest BCUT2D eigenvalue weighted by Crippen LogP contribution is 2.27. The van der Waals surface area contributed by atoms with Crippen LogP contribution in [0.5, 0.6) is 0 Å². The van der Waals surface area contributed by atoms with E-state index >= 15 is 0 Å². The molecule has 1 aromatic heterocycles. The summed E-state index contributed by atoms with van der Waals surface area (Å²) in [6.45, 7) is 2.07. The molecule has 2 aromatic carbocycles. The third-order valence-electron chi connectivity index (χ3n) is 4.08. The molecule has 1 N–H and O–H groups in total. The zero-order valence-corrected chi connectivity index (χ0v) is 14.3. The van der Waals surface area contributed by atoms with Gasteiger partial charge in [0.1, 0.15) is 0 Å². The lowest BCUT2D eigenvalue weighted by Crippen LogP contribution is -2.08. The number of anilines is 1. The summed E-state index contributed by atoms with van der Waals surface area (Å²) in [4.78, 5) is 0.345. The predicted octanol–water partition coefficient (Wildman–Crippen LogP) is 3.75. The van der Waals surface area contributed by atoms with Crippen LogP contribution in [-0.4, -0.2) is 19.2 Å². The Bertz CT molecular complexity index is 941. The van der Waals surface area contributed by atoms with Crippen LogP contribution in [0.25, 0.3) is 10.9 Å². The van der Waals surface area contributed by atoms with E-state index in [1.54, 1.807) is 12.1 Å². The van der Waals surface area contributed by atoms with Gasteiger partial charge in [-0.3, -0.25) is 0 Å². The molecule has 0 saturated heterocycles. The number of hydrogen-bond acceptors (Lipinski definition) is 3. The second kappa shape index (κ2) is 5.74. The van der Waals surface area contributed by atoms with Gasteiger partial charge in [0.25, 0.3) is 0 Å². The standard InChI is InChI=1S/C18H20N2O2S/c1-13(14-7-9-16(10-8-14)23(3,21)22)19-17-6-4-5-15-11-12-20(2)18(15)17/h4-13,19H,1-3H3. The van der Waals surface area contributed by atoms with Gasteiger partial charge >= 0.3 is 0 Å². The average Bonchev–Trinajstić information content (AvgIpc) is 2.89. The number of nitrogens with zero attached hydrogens (tertiary/aromatic N) is 1. The number of nitrogens with one attached hydrogen (secondary N) is 1. The number of rotatable bonds is 4. The van der Waals surface area contributed by atoms with Crippen LogP contribution in [0.2, 0.25) is 0 Å². The molecule has 0 spiro atoms. The third kappa shape index (κ3) is 3.10. The van der Waals surface area contributed by atoms with E-state index in [0.29, 0.717) is 4.90 Å².